The minimum atomic E-state index is -1.05. The van der Waals surface area contributed by atoms with E-state index in [1.807, 2.05) is 12.1 Å². The molecule has 0 radical (unpaired) electrons. The minimum absolute atomic E-state index is 0.00634. The molecule has 0 bridgehead atoms. The molecule has 1 unspecified atom stereocenters. The Morgan fingerprint density at radius 2 is 1.72 bits per heavy atom. The molecule has 3 aromatic rings. The zero-order valence-corrected chi connectivity index (χ0v) is 19.7. The molecular weight excluding hydrogens is 471 g/mol. The molecule has 2 aliphatic heterocycles. The third-order valence-corrected chi connectivity index (χ3v) is 6.71. The van der Waals surface area contributed by atoms with E-state index in [1.165, 1.54) is 12.1 Å². The van der Waals surface area contributed by atoms with Gasteiger partial charge in [-0.3, -0.25) is 9.29 Å². The number of aromatic hydroxyl groups is 2. The number of ether oxygens (including phenoxy) is 2. The molecule has 2 aliphatic rings. The van der Waals surface area contributed by atoms with Crippen molar-refractivity contribution in [1.82, 2.24) is 4.90 Å². The smallest absolute Gasteiger partial charge is 0.167 e. The number of halogens is 3. The first kappa shape index (κ1) is 24.1. The van der Waals surface area contributed by atoms with Gasteiger partial charge in [-0.2, -0.15) is 0 Å². The maximum atomic E-state index is 14.9. The van der Waals surface area contributed by atoms with Crippen LogP contribution >= 0.6 is 0 Å². The topological polar surface area (TPSA) is 62.2 Å². The van der Waals surface area contributed by atoms with Gasteiger partial charge in [-0.25, -0.2) is 8.78 Å². The highest BCUT2D eigenvalue weighted by atomic mass is 19.1. The second-order valence-electron chi connectivity index (χ2n) is 9.20. The Morgan fingerprint density at radius 1 is 0.972 bits per heavy atom. The SMILES string of the molecule is CC1=C(c2cc(O)c(F)cc2F)C(c2ccc(OCCN3CC(CF)C3)cc2)Oc2ccc(O)cc21. The molecule has 2 heterocycles. The Morgan fingerprint density at radius 3 is 2.44 bits per heavy atom. The van der Waals surface area contributed by atoms with E-state index in [0.29, 0.717) is 53.0 Å². The van der Waals surface area contributed by atoms with Gasteiger partial charge in [0.15, 0.2) is 11.6 Å². The first-order valence-electron chi connectivity index (χ1n) is 11.7. The predicted molar refractivity (Wildman–Crippen MR) is 130 cm³/mol. The predicted octanol–water partition coefficient (Wildman–Crippen LogP) is 5.72. The molecule has 1 fully saturated rings. The largest absolute Gasteiger partial charge is 0.508 e. The number of nitrogens with zero attached hydrogens (tertiary/aromatic N) is 1. The molecular formula is C28H26F3NO4. The summed E-state index contributed by atoms with van der Waals surface area (Å²) in [5.74, 6) is -1.25. The standard InChI is InChI=1S/C28H26F3NO4/c1-16-21-10-19(33)4-7-26(21)36-28(27(16)22-11-25(34)24(31)12-23(22)30)18-2-5-20(6-3-18)35-9-8-32-14-17(13-29)15-32/h2-7,10-12,17,28,33-34H,8-9,13-15H2,1H3. The summed E-state index contributed by atoms with van der Waals surface area (Å²) in [6.45, 7) is 4.17. The van der Waals surface area contributed by atoms with Crippen LogP contribution in [0.5, 0.6) is 23.0 Å². The van der Waals surface area contributed by atoms with Crippen molar-refractivity contribution in [3.8, 4) is 23.0 Å². The average Bonchev–Trinajstić information content (AvgIpc) is 2.84. The lowest BCUT2D eigenvalue weighted by Crippen LogP contribution is -2.49. The van der Waals surface area contributed by atoms with Gasteiger partial charge in [0.2, 0.25) is 0 Å². The quantitative estimate of drug-likeness (QED) is 0.437. The van der Waals surface area contributed by atoms with Crippen LogP contribution in [0.1, 0.15) is 29.7 Å². The first-order valence-corrected chi connectivity index (χ1v) is 11.7. The number of alkyl halides is 1. The zero-order chi connectivity index (χ0) is 25.4. The lowest BCUT2D eigenvalue weighted by Gasteiger charge is -2.37. The highest BCUT2D eigenvalue weighted by Crippen LogP contribution is 2.48. The van der Waals surface area contributed by atoms with Gasteiger partial charge in [-0.05, 0) is 54.5 Å². The maximum Gasteiger partial charge on any atom is 0.167 e. The summed E-state index contributed by atoms with van der Waals surface area (Å²) >= 11 is 0. The van der Waals surface area contributed by atoms with Crippen molar-refractivity contribution in [2.24, 2.45) is 5.92 Å². The molecule has 5 nitrogen and oxygen atoms in total. The third-order valence-electron chi connectivity index (χ3n) is 6.71. The second-order valence-corrected chi connectivity index (χ2v) is 9.20. The van der Waals surface area contributed by atoms with E-state index in [1.54, 1.807) is 25.1 Å². The van der Waals surface area contributed by atoms with Crippen molar-refractivity contribution in [3.05, 3.63) is 82.9 Å². The highest BCUT2D eigenvalue weighted by molar-refractivity contribution is 5.96. The van der Waals surface area contributed by atoms with Crippen LogP contribution in [0, 0.1) is 17.6 Å². The summed E-state index contributed by atoms with van der Waals surface area (Å²) in [7, 11) is 0. The Labute approximate surface area is 207 Å². The van der Waals surface area contributed by atoms with Gasteiger partial charge in [-0.1, -0.05) is 12.1 Å². The summed E-state index contributed by atoms with van der Waals surface area (Å²) in [6, 6.07) is 13.5. The number of hydrogen-bond acceptors (Lipinski definition) is 5. The van der Waals surface area contributed by atoms with Crippen LogP contribution in [0.2, 0.25) is 0 Å². The van der Waals surface area contributed by atoms with Crippen molar-refractivity contribution >= 4 is 11.1 Å². The van der Waals surface area contributed by atoms with Gasteiger partial charge in [0.25, 0.3) is 0 Å². The molecule has 1 atom stereocenters. The van der Waals surface area contributed by atoms with Gasteiger partial charge < -0.3 is 19.7 Å². The molecule has 3 aromatic carbocycles. The Bertz CT molecular complexity index is 1300. The number of benzene rings is 3. The van der Waals surface area contributed by atoms with Crippen LogP contribution in [0.3, 0.4) is 0 Å². The van der Waals surface area contributed by atoms with Crippen LogP contribution in [-0.2, 0) is 0 Å². The number of phenols is 2. The summed E-state index contributed by atoms with van der Waals surface area (Å²) in [6.07, 6.45) is -0.755. The van der Waals surface area contributed by atoms with Crippen molar-refractivity contribution in [3.63, 3.8) is 0 Å². The summed E-state index contributed by atoms with van der Waals surface area (Å²) in [4.78, 5) is 2.14. The molecule has 0 amide bonds. The second kappa shape index (κ2) is 9.78. The highest BCUT2D eigenvalue weighted by Gasteiger charge is 2.32. The van der Waals surface area contributed by atoms with E-state index in [9.17, 15) is 23.4 Å². The number of fused-ring (bicyclic) bond motifs is 1. The molecule has 2 N–H and O–H groups in total. The van der Waals surface area contributed by atoms with Crippen molar-refractivity contribution in [2.45, 2.75) is 13.0 Å². The van der Waals surface area contributed by atoms with Gasteiger partial charge in [0.05, 0.1) is 6.67 Å². The number of likely N-dealkylation sites (tertiary alicyclic amines) is 1. The Hall–Kier alpha value is -3.65. The molecule has 0 aliphatic carbocycles. The first-order chi connectivity index (χ1) is 17.3. The van der Waals surface area contributed by atoms with Gasteiger partial charge in [-0.15, -0.1) is 0 Å². The Kier molecular flexibility index (Phi) is 6.53. The Balaban J connectivity index is 1.43. The maximum absolute atomic E-state index is 14.9. The third kappa shape index (κ3) is 4.60. The molecule has 0 aromatic heterocycles. The van der Waals surface area contributed by atoms with Crippen LogP contribution in [-0.4, -0.2) is 48.0 Å². The van der Waals surface area contributed by atoms with E-state index in [4.69, 9.17) is 9.47 Å². The van der Waals surface area contributed by atoms with Crippen molar-refractivity contribution < 1.29 is 32.9 Å². The fraction of sp³-hybridized carbons (Fsp3) is 0.286. The molecule has 0 saturated carbocycles. The molecule has 36 heavy (non-hydrogen) atoms. The van der Waals surface area contributed by atoms with Crippen molar-refractivity contribution in [2.75, 3.05) is 32.9 Å². The van der Waals surface area contributed by atoms with Crippen molar-refractivity contribution in [1.29, 1.82) is 0 Å². The van der Waals surface area contributed by atoms with Crippen LogP contribution in [0.4, 0.5) is 13.2 Å². The average molecular weight is 498 g/mol. The van der Waals surface area contributed by atoms with Gasteiger partial charge >= 0.3 is 0 Å². The number of phenolic OH excluding ortho intramolecular Hbond substituents is 2. The molecule has 8 heteroatoms. The van der Waals surface area contributed by atoms with E-state index in [-0.39, 0.29) is 23.9 Å². The van der Waals surface area contributed by atoms with E-state index in [0.717, 1.165) is 19.2 Å². The van der Waals surface area contributed by atoms with Crippen LogP contribution in [0.15, 0.2) is 54.6 Å². The minimum Gasteiger partial charge on any atom is -0.508 e. The summed E-state index contributed by atoms with van der Waals surface area (Å²) < 4.78 is 53.4. The van der Waals surface area contributed by atoms with E-state index >= 15 is 0 Å². The zero-order valence-electron chi connectivity index (χ0n) is 19.7. The summed E-state index contributed by atoms with van der Waals surface area (Å²) in [5, 5.41) is 19.9. The monoisotopic (exact) mass is 497 g/mol. The molecule has 188 valence electrons. The number of rotatable bonds is 7. The van der Waals surface area contributed by atoms with Gasteiger partial charge in [0, 0.05) is 48.3 Å². The molecule has 1 saturated heterocycles. The normalized spacial score (nSPS) is 17.9. The van der Waals surface area contributed by atoms with Crippen LogP contribution < -0.4 is 9.47 Å². The fourth-order valence-electron chi connectivity index (χ4n) is 4.75. The molecule has 0 spiro atoms. The fourth-order valence-corrected chi connectivity index (χ4v) is 4.75. The number of allylic oxidation sites excluding steroid dienone is 1. The lowest BCUT2D eigenvalue weighted by atomic mass is 9.85. The van der Waals surface area contributed by atoms with Crippen LogP contribution in [0.25, 0.3) is 11.1 Å². The molecule has 5 rings (SSSR count). The van der Waals surface area contributed by atoms with E-state index < -0.39 is 23.5 Å². The van der Waals surface area contributed by atoms with Gasteiger partial charge in [0.1, 0.15) is 35.8 Å². The number of hydrogen-bond donors (Lipinski definition) is 2. The summed E-state index contributed by atoms with van der Waals surface area (Å²) in [5.41, 5.74) is 2.32. The van der Waals surface area contributed by atoms with E-state index in [2.05, 4.69) is 4.90 Å². The lowest BCUT2D eigenvalue weighted by molar-refractivity contribution is 0.0668.